The number of anilines is 2. The summed E-state index contributed by atoms with van der Waals surface area (Å²) in [5, 5.41) is 18.0. The molecule has 1 aromatic carbocycles. The standard InChI is InChI=1S/C26H31N5O3/c1-25(2)15-17-13-19(29-24(33)18-16-28-31-10-4-9-27-23(18)31)20(14-21(17)34-25)30-11-7-26(8-12-30)6-3-5-22(26)32/h4,9-10,13-14,16,22,32H,3,5-8,11-12,15H2,1-2H3,(H,29,33). The van der Waals surface area contributed by atoms with E-state index in [1.165, 1.54) is 0 Å². The Bertz CT molecular complexity index is 1260. The van der Waals surface area contributed by atoms with Crippen LogP contribution in [0.15, 0.2) is 36.8 Å². The Morgan fingerprint density at radius 3 is 2.82 bits per heavy atom. The van der Waals surface area contributed by atoms with Gasteiger partial charge in [0.25, 0.3) is 5.91 Å². The van der Waals surface area contributed by atoms with Gasteiger partial charge in [-0.1, -0.05) is 6.42 Å². The van der Waals surface area contributed by atoms with Crippen molar-refractivity contribution in [3.8, 4) is 5.75 Å². The number of nitrogens with one attached hydrogen (secondary N) is 1. The molecule has 1 aliphatic carbocycles. The van der Waals surface area contributed by atoms with Crippen LogP contribution >= 0.6 is 0 Å². The zero-order valence-corrected chi connectivity index (χ0v) is 19.8. The smallest absolute Gasteiger partial charge is 0.261 e. The summed E-state index contributed by atoms with van der Waals surface area (Å²) in [6, 6.07) is 5.93. The van der Waals surface area contributed by atoms with Crippen LogP contribution in [0.5, 0.6) is 5.75 Å². The number of hydrogen-bond acceptors (Lipinski definition) is 6. The molecule has 1 spiro atoms. The van der Waals surface area contributed by atoms with Gasteiger partial charge >= 0.3 is 0 Å². The predicted octanol–water partition coefficient (Wildman–Crippen LogP) is 3.83. The molecule has 2 fully saturated rings. The summed E-state index contributed by atoms with van der Waals surface area (Å²) >= 11 is 0. The minimum Gasteiger partial charge on any atom is -0.487 e. The van der Waals surface area contributed by atoms with Crippen molar-refractivity contribution in [1.82, 2.24) is 14.6 Å². The minimum absolute atomic E-state index is 0.0535. The van der Waals surface area contributed by atoms with Crippen LogP contribution in [0.25, 0.3) is 5.65 Å². The molecule has 178 valence electrons. The topological polar surface area (TPSA) is 92.0 Å². The van der Waals surface area contributed by atoms with Gasteiger partial charge in [-0.15, -0.1) is 0 Å². The fourth-order valence-electron chi connectivity index (χ4n) is 6.07. The van der Waals surface area contributed by atoms with Gasteiger partial charge in [-0.05, 0) is 57.1 Å². The molecule has 8 heteroatoms. The van der Waals surface area contributed by atoms with Crippen molar-refractivity contribution in [3.63, 3.8) is 0 Å². The maximum atomic E-state index is 13.3. The Balaban J connectivity index is 1.32. The average molecular weight is 462 g/mol. The third kappa shape index (κ3) is 3.52. The number of amides is 1. The number of benzene rings is 1. The van der Waals surface area contributed by atoms with Crippen molar-refractivity contribution in [1.29, 1.82) is 0 Å². The highest BCUT2D eigenvalue weighted by molar-refractivity contribution is 6.09. The molecule has 0 radical (unpaired) electrons. The van der Waals surface area contributed by atoms with Crippen LogP contribution in [0.3, 0.4) is 0 Å². The van der Waals surface area contributed by atoms with E-state index in [-0.39, 0.29) is 23.0 Å². The third-order valence-corrected chi connectivity index (χ3v) is 7.91. The van der Waals surface area contributed by atoms with Crippen LogP contribution in [0.4, 0.5) is 11.4 Å². The van der Waals surface area contributed by atoms with Crippen LogP contribution in [-0.2, 0) is 6.42 Å². The number of carbonyl (C=O) groups is 1. The second kappa shape index (κ2) is 7.70. The summed E-state index contributed by atoms with van der Waals surface area (Å²) in [7, 11) is 0. The lowest BCUT2D eigenvalue weighted by Crippen LogP contribution is -2.44. The van der Waals surface area contributed by atoms with E-state index in [2.05, 4.69) is 46.3 Å². The van der Waals surface area contributed by atoms with Crippen LogP contribution in [0.1, 0.15) is 61.9 Å². The molecule has 2 N–H and O–H groups in total. The van der Waals surface area contributed by atoms with E-state index >= 15 is 0 Å². The van der Waals surface area contributed by atoms with Crippen LogP contribution in [-0.4, -0.2) is 50.4 Å². The zero-order chi connectivity index (χ0) is 23.5. The Morgan fingerprint density at radius 2 is 2.06 bits per heavy atom. The van der Waals surface area contributed by atoms with Crippen molar-refractivity contribution in [3.05, 3.63) is 47.9 Å². The number of aliphatic hydroxyl groups excluding tert-OH is 1. The van der Waals surface area contributed by atoms with Crippen molar-refractivity contribution in [2.24, 2.45) is 5.41 Å². The number of aliphatic hydroxyl groups is 1. The molecular formula is C26H31N5O3. The van der Waals surface area contributed by atoms with E-state index < -0.39 is 0 Å². The summed E-state index contributed by atoms with van der Waals surface area (Å²) in [6.07, 6.45) is 10.6. The molecule has 1 saturated heterocycles. The summed E-state index contributed by atoms with van der Waals surface area (Å²) in [6.45, 7) is 5.87. The first kappa shape index (κ1) is 21.4. The molecular weight excluding hydrogens is 430 g/mol. The SMILES string of the molecule is CC1(C)Cc2cc(NC(=O)c3cnn4cccnc34)c(N3CCC4(CCCC4O)CC3)cc2O1. The lowest BCUT2D eigenvalue weighted by atomic mass is 9.75. The van der Waals surface area contributed by atoms with Crippen LogP contribution in [0, 0.1) is 5.41 Å². The molecule has 0 bridgehead atoms. The Morgan fingerprint density at radius 1 is 1.24 bits per heavy atom. The van der Waals surface area contributed by atoms with Crippen molar-refractivity contribution in [2.45, 2.75) is 64.1 Å². The number of aromatic nitrogens is 3. The van der Waals surface area contributed by atoms with E-state index in [4.69, 9.17) is 4.74 Å². The van der Waals surface area contributed by atoms with E-state index in [0.29, 0.717) is 11.2 Å². The van der Waals surface area contributed by atoms with Gasteiger partial charge in [-0.2, -0.15) is 5.10 Å². The molecule has 3 aliphatic rings. The summed E-state index contributed by atoms with van der Waals surface area (Å²) in [5.41, 5.74) is 3.60. The molecule has 1 amide bonds. The lowest BCUT2D eigenvalue weighted by Gasteiger charge is -2.43. The maximum Gasteiger partial charge on any atom is 0.261 e. The summed E-state index contributed by atoms with van der Waals surface area (Å²) in [4.78, 5) is 20.0. The van der Waals surface area contributed by atoms with Gasteiger partial charge in [0.2, 0.25) is 0 Å². The van der Waals surface area contributed by atoms with Gasteiger partial charge in [0.05, 0.1) is 23.7 Å². The van der Waals surface area contributed by atoms with E-state index in [1.807, 2.05) is 0 Å². The number of carbonyl (C=O) groups excluding carboxylic acids is 1. The van der Waals surface area contributed by atoms with Crippen molar-refractivity contribution >= 4 is 22.9 Å². The highest BCUT2D eigenvalue weighted by atomic mass is 16.5. The first-order chi connectivity index (χ1) is 16.3. The van der Waals surface area contributed by atoms with Gasteiger partial charge < -0.3 is 20.1 Å². The average Bonchev–Trinajstić information content (AvgIpc) is 3.48. The number of hydrogen-bond donors (Lipinski definition) is 2. The summed E-state index contributed by atoms with van der Waals surface area (Å²) in [5.74, 6) is 0.657. The second-order valence-electron chi connectivity index (χ2n) is 10.7. The third-order valence-electron chi connectivity index (χ3n) is 7.91. The molecule has 1 saturated carbocycles. The molecule has 2 aliphatic heterocycles. The Kier molecular flexibility index (Phi) is 4.85. The van der Waals surface area contributed by atoms with Crippen LogP contribution < -0.4 is 15.0 Å². The first-order valence-corrected chi connectivity index (χ1v) is 12.2. The molecule has 1 unspecified atom stereocenters. The van der Waals surface area contributed by atoms with E-state index in [1.54, 1.807) is 29.2 Å². The molecule has 2 aromatic heterocycles. The molecule has 4 heterocycles. The van der Waals surface area contributed by atoms with Crippen molar-refractivity contribution in [2.75, 3.05) is 23.3 Å². The Labute approximate surface area is 198 Å². The normalized spacial score (nSPS) is 22.7. The van der Waals surface area contributed by atoms with Gasteiger partial charge in [-0.25, -0.2) is 9.50 Å². The number of nitrogens with zero attached hydrogens (tertiary/aromatic N) is 4. The number of piperidine rings is 1. The Hall–Kier alpha value is -3.13. The molecule has 8 nitrogen and oxygen atoms in total. The zero-order valence-electron chi connectivity index (χ0n) is 19.8. The second-order valence-corrected chi connectivity index (χ2v) is 10.7. The number of rotatable bonds is 3. The first-order valence-electron chi connectivity index (χ1n) is 12.2. The molecule has 6 rings (SSSR count). The minimum atomic E-state index is -0.269. The molecule has 34 heavy (non-hydrogen) atoms. The predicted molar refractivity (Wildman–Crippen MR) is 130 cm³/mol. The highest BCUT2D eigenvalue weighted by Gasteiger charge is 2.44. The van der Waals surface area contributed by atoms with Crippen molar-refractivity contribution < 1.29 is 14.6 Å². The number of fused-ring (bicyclic) bond motifs is 2. The maximum absolute atomic E-state index is 13.3. The van der Waals surface area contributed by atoms with E-state index in [9.17, 15) is 9.90 Å². The van der Waals surface area contributed by atoms with Gasteiger partial charge in [0.15, 0.2) is 5.65 Å². The summed E-state index contributed by atoms with van der Waals surface area (Å²) < 4.78 is 7.83. The lowest BCUT2D eigenvalue weighted by molar-refractivity contribution is 0.0334. The van der Waals surface area contributed by atoms with Crippen LogP contribution in [0.2, 0.25) is 0 Å². The molecule has 3 aromatic rings. The van der Waals surface area contributed by atoms with Gasteiger partial charge in [-0.3, -0.25) is 4.79 Å². The quantitative estimate of drug-likeness (QED) is 0.616. The van der Waals surface area contributed by atoms with Gasteiger partial charge in [0.1, 0.15) is 16.9 Å². The number of ether oxygens (including phenoxy) is 1. The monoisotopic (exact) mass is 461 g/mol. The largest absolute Gasteiger partial charge is 0.487 e. The van der Waals surface area contributed by atoms with E-state index in [0.717, 1.165) is 74.3 Å². The fraction of sp³-hybridized carbons (Fsp3) is 0.500. The molecule has 1 atom stereocenters. The highest BCUT2D eigenvalue weighted by Crippen LogP contribution is 2.48. The fourth-order valence-corrected chi connectivity index (χ4v) is 6.07. The van der Waals surface area contributed by atoms with Gasteiger partial charge in [0, 0.05) is 43.5 Å².